The molecule has 1 atom stereocenters. The molecule has 1 aliphatic heterocycles. The van der Waals surface area contributed by atoms with Gasteiger partial charge in [0.25, 0.3) is 5.91 Å². The van der Waals surface area contributed by atoms with Crippen molar-refractivity contribution in [3.05, 3.63) is 12.7 Å². The third kappa shape index (κ3) is 8.84. The van der Waals surface area contributed by atoms with Crippen molar-refractivity contribution in [3.63, 3.8) is 0 Å². The molecule has 0 radical (unpaired) electrons. The lowest BCUT2D eigenvalue weighted by Crippen LogP contribution is -2.54. The Morgan fingerprint density at radius 3 is 2.41 bits per heavy atom. The summed E-state index contributed by atoms with van der Waals surface area (Å²) in [6.45, 7) is 10.4. The molecule has 0 spiro atoms. The van der Waals surface area contributed by atoms with Gasteiger partial charge < -0.3 is 26.4 Å². The van der Waals surface area contributed by atoms with Gasteiger partial charge in [-0.25, -0.2) is 9.59 Å². The number of nitrogens with two attached hydrogens (primary N) is 2. The van der Waals surface area contributed by atoms with Crippen LogP contribution in [0.4, 0.5) is 9.59 Å². The number of guanidine groups is 1. The maximum absolute atomic E-state index is 13.1. The molecule has 29 heavy (non-hydrogen) atoms. The predicted octanol–water partition coefficient (Wildman–Crippen LogP) is 1.16. The maximum atomic E-state index is 13.1. The van der Waals surface area contributed by atoms with Crippen molar-refractivity contribution in [1.29, 1.82) is 0 Å². The fourth-order valence-electron chi connectivity index (χ4n) is 2.87. The summed E-state index contributed by atoms with van der Waals surface area (Å²) >= 11 is 0. The number of amides is 4. The van der Waals surface area contributed by atoms with E-state index in [2.05, 4.69) is 16.9 Å². The average Bonchev–Trinajstić information content (AvgIpc) is 3.14. The minimum Gasteiger partial charge on any atom is -0.444 e. The molecule has 10 nitrogen and oxygen atoms in total. The second-order valence-electron chi connectivity index (χ2n) is 7.86. The standard InChI is InChI=1S/C19H34N6O4/c1-5-11-25(18(28)24-12-6-7-13-24)15(26)14(9-8-10-22-16(20)21)23-17(27)29-19(2,3)4/h5,14H,1,6-13H2,2-4H3,(H,23,27)(H4,20,21,22)/t14-/m0/s1. The van der Waals surface area contributed by atoms with E-state index in [9.17, 15) is 14.4 Å². The van der Waals surface area contributed by atoms with Gasteiger partial charge >= 0.3 is 12.1 Å². The highest BCUT2D eigenvalue weighted by molar-refractivity contribution is 5.98. The molecule has 10 heteroatoms. The molecule has 4 amide bonds. The lowest BCUT2D eigenvalue weighted by molar-refractivity contribution is -0.130. The first-order chi connectivity index (χ1) is 13.5. The number of likely N-dealkylation sites (tertiary alicyclic amines) is 1. The number of carbonyl (C=O) groups is 3. The summed E-state index contributed by atoms with van der Waals surface area (Å²) in [5.74, 6) is -0.567. The first-order valence-electron chi connectivity index (χ1n) is 9.81. The van der Waals surface area contributed by atoms with Crippen LogP contribution in [0.3, 0.4) is 0 Å². The van der Waals surface area contributed by atoms with Crippen molar-refractivity contribution in [2.75, 3.05) is 26.2 Å². The number of ether oxygens (including phenoxy) is 1. The molecule has 0 aromatic carbocycles. The molecule has 0 unspecified atom stereocenters. The molecule has 0 aromatic heterocycles. The number of nitrogens with one attached hydrogen (secondary N) is 1. The molecule has 5 N–H and O–H groups in total. The summed E-state index contributed by atoms with van der Waals surface area (Å²) in [6, 6.07) is -1.34. The van der Waals surface area contributed by atoms with E-state index in [0.717, 1.165) is 17.7 Å². The Hall–Kier alpha value is -2.78. The third-order valence-electron chi connectivity index (χ3n) is 4.12. The lowest BCUT2D eigenvalue weighted by Gasteiger charge is -2.29. The van der Waals surface area contributed by atoms with Crippen molar-refractivity contribution in [2.45, 2.75) is 58.1 Å². The minimum absolute atomic E-state index is 0.0502. The van der Waals surface area contributed by atoms with Gasteiger partial charge in [-0.2, -0.15) is 0 Å². The topological polar surface area (TPSA) is 143 Å². The van der Waals surface area contributed by atoms with Crippen LogP contribution < -0.4 is 16.8 Å². The van der Waals surface area contributed by atoms with Gasteiger partial charge in [-0.05, 0) is 46.5 Å². The van der Waals surface area contributed by atoms with Crippen LogP contribution in [0.2, 0.25) is 0 Å². The fourth-order valence-corrected chi connectivity index (χ4v) is 2.87. The SMILES string of the molecule is C=CCN(C(=O)[C@H](CCCN=C(N)N)NC(=O)OC(C)(C)C)C(=O)N1CCCC1. The molecule has 0 aromatic rings. The Bertz CT molecular complexity index is 619. The van der Waals surface area contributed by atoms with E-state index in [0.29, 0.717) is 26.1 Å². The summed E-state index contributed by atoms with van der Waals surface area (Å²) in [6.07, 6.45) is 3.24. The summed E-state index contributed by atoms with van der Waals surface area (Å²) < 4.78 is 5.26. The molecule has 164 valence electrons. The summed E-state index contributed by atoms with van der Waals surface area (Å²) in [5, 5.41) is 2.58. The van der Waals surface area contributed by atoms with Gasteiger partial charge in [-0.1, -0.05) is 6.08 Å². The van der Waals surface area contributed by atoms with Crippen molar-refractivity contribution >= 4 is 24.0 Å². The highest BCUT2D eigenvalue weighted by Gasteiger charge is 2.33. The van der Waals surface area contributed by atoms with Gasteiger partial charge in [0.1, 0.15) is 11.6 Å². The third-order valence-corrected chi connectivity index (χ3v) is 4.12. The highest BCUT2D eigenvalue weighted by atomic mass is 16.6. The zero-order valence-corrected chi connectivity index (χ0v) is 17.6. The second kappa shape index (κ2) is 11.3. The number of aliphatic imine (C=N–C) groups is 1. The van der Waals surface area contributed by atoms with E-state index in [1.165, 1.54) is 6.08 Å². The molecular weight excluding hydrogens is 376 g/mol. The Kier molecular flexibility index (Phi) is 9.43. The lowest BCUT2D eigenvalue weighted by atomic mass is 10.1. The van der Waals surface area contributed by atoms with Gasteiger partial charge in [0, 0.05) is 26.2 Å². The van der Waals surface area contributed by atoms with Gasteiger partial charge in [0.2, 0.25) is 0 Å². The van der Waals surface area contributed by atoms with E-state index < -0.39 is 23.6 Å². The molecule has 1 aliphatic rings. The van der Waals surface area contributed by atoms with E-state index in [1.54, 1.807) is 25.7 Å². The zero-order valence-electron chi connectivity index (χ0n) is 17.6. The Morgan fingerprint density at radius 2 is 1.90 bits per heavy atom. The number of nitrogens with zero attached hydrogens (tertiary/aromatic N) is 3. The Morgan fingerprint density at radius 1 is 1.28 bits per heavy atom. The average molecular weight is 411 g/mol. The number of alkyl carbamates (subject to hydrolysis) is 1. The summed E-state index contributed by atoms with van der Waals surface area (Å²) in [4.78, 5) is 44.8. The first kappa shape index (κ1) is 24.3. The van der Waals surface area contributed by atoms with E-state index in [1.807, 2.05) is 0 Å². The van der Waals surface area contributed by atoms with Gasteiger partial charge in [-0.15, -0.1) is 6.58 Å². The monoisotopic (exact) mass is 410 g/mol. The Balaban J connectivity index is 2.93. The largest absolute Gasteiger partial charge is 0.444 e. The fraction of sp³-hybridized carbons (Fsp3) is 0.684. The van der Waals surface area contributed by atoms with Gasteiger partial charge in [0.15, 0.2) is 5.96 Å². The molecule has 0 aliphatic carbocycles. The predicted molar refractivity (Wildman–Crippen MR) is 111 cm³/mol. The van der Waals surface area contributed by atoms with E-state index >= 15 is 0 Å². The normalized spacial score (nSPS) is 14.7. The van der Waals surface area contributed by atoms with E-state index in [-0.39, 0.29) is 25.0 Å². The van der Waals surface area contributed by atoms with Crippen LogP contribution in [-0.2, 0) is 9.53 Å². The van der Waals surface area contributed by atoms with Crippen LogP contribution in [0.15, 0.2) is 17.6 Å². The Labute approximate surface area is 172 Å². The molecule has 1 rings (SSSR count). The van der Waals surface area contributed by atoms with Crippen LogP contribution in [0.5, 0.6) is 0 Å². The van der Waals surface area contributed by atoms with E-state index in [4.69, 9.17) is 16.2 Å². The molecule has 1 fully saturated rings. The number of rotatable bonds is 8. The summed E-state index contributed by atoms with van der Waals surface area (Å²) in [7, 11) is 0. The first-order valence-corrected chi connectivity index (χ1v) is 9.81. The quantitative estimate of drug-likeness (QED) is 0.237. The van der Waals surface area contributed by atoms with Crippen LogP contribution in [0, 0.1) is 0 Å². The maximum Gasteiger partial charge on any atom is 0.408 e. The smallest absolute Gasteiger partial charge is 0.408 e. The minimum atomic E-state index is -0.953. The zero-order chi connectivity index (χ0) is 22.0. The van der Waals surface area contributed by atoms with Crippen LogP contribution in [0.1, 0.15) is 46.5 Å². The van der Waals surface area contributed by atoms with Gasteiger partial charge in [0.05, 0.1) is 0 Å². The number of hydrogen-bond donors (Lipinski definition) is 3. The van der Waals surface area contributed by atoms with Crippen molar-refractivity contribution in [1.82, 2.24) is 15.1 Å². The number of hydrogen-bond acceptors (Lipinski definition) is 5. The highest BCUT2D eigenvalue weighted by Crippen LogP contribution is 2.14. The van der Waals surface area contributed by atoms with Crippen LogP contribution >= 0.6 is 0 Å². The van der Waals surface area contributed by atoms with Crippen molar-refractivity contribution in [2.24, 2.45) is 16.5 Å². The van der Waals surface area contributed by atoms with Crippen molar-refractivity contribution in [3.8, 4) is 0 Å². The number of urea groups is 1. The molecule has 1 heterocycles. The molecule has 0 bridgehead atoms. The summed E-state index contributed by atoms with van der Waals surface area (Å²) in [5.41, 5.74) is 9.92. The van der Waals surface area contributed by atoms with Gasteiger partial charge in [-0.3, -0.25) is 14.7 Å². The number of imide groups is 1. The second-order valence-corrected chi connectivity index (χ2v) is 7.86. The van der Waals surface area contributed by atoms with Crippen LogP contribution in [-0.4, -0.2) is 71.6 Å². The molecule has 0 saturated carbocycles. The molecular formula is C19H34N6O4. The number of carbonyl (C=O) groups excluding carboxylic acids is 3. The van der Waals surface area contributed by atoms with Crippen LogP contribution in [0.25, 0.3) is 0 Å². The van der Waals surface area contributed by atoms with Crippen molar-refractivity contribution < 1.29 is 19.1 Å². The molecule has 1 saturated heterocycles.